The number of sulfonamides is 1. The molecule has 1 aromatic carbocycles. The molecule has 1 aromatic rings. The number of hydrogen-bond acceptors (Lipinski definition) is 4. The van der Waals surface area contributed by atoms with Gasteiger partial charge < -0.3 is 10.8 Å². The summed E-state index contributed by atoms with van der Waals surface area (Å²) in [7, 11) is -3.69. The molecule has 1 fully saturated rings. The van der Waals surface area contributed by atoms with Crippen molar-refractivity contribution in [1.82, 2.24) is 4.72 Å². The third-order valence-electron chi connectivity index (χ3n) is 3.69. The van der Waals surface area contributed by atoms with Gasteiger partial charge in [-0.15, -0.1) is 0 Å². The smallest absolute Gasteiger partial charge is 0.241 e. The number of benzene rings is 1. The fraction of sp³-hybridized carbons (Fsp3) is 0.538. The SMILES string of the molecule is Cc1c(N)cc(Br)cc1S(=O)(=O)NC1CCCCC1O. The summed E-state index contributed by atoms with van der Waals surface area (Å²) in [6, 6.07) is 2.78. The minimum Gasteiger partial charge on any atom is -0.398 e. The largest absolute Gasteiger partial charge is 0.398 e. The number of nitrogens with one attached hydrogen (secondary N) is 1. The zero-order valence-electron chi connectivity index (χ0n) is 11.3. The van der Waals surface area contributed by atoms with Crippen molar-refractivity contribution in [3.05, 3.63) is 22.2 Å². The van der Waals surface area contributed by atoms with Gasteiger partial charge in [-0.2, -0.15) is 0 Å². The summed E-state index contributed by atoms with van der Waals surface area (Å²) in [6.07, 6.45) is 2.52. The zero-order chi connectivity index (χ0) is 14.9. The van der Waals surface area contributed by atoms with Crippen molar-refractivity contribution in [2.75, 3.05) is 5.73 Å². The number of aliphatic hydroxyl groups excluding tert-OH is 1. The van der Waals surface area contributed by atoms with Crippen LogP contribution in [0.1, 0.15) is 31.2 Å². The highest BCUT2D eigenvalue weighted by molar-refractivity contribution is 9.10. The van der Waals surface area contributed by atoms with E-state index in [-0.39, 0.29) is 4.90 Å². The monoisotopic (exact) mass is 362 g/mol. The maximum Gasteiger partial charge on any atom is 0.241 e. The van der Waals surface area contributed by atoms with Crippen LogP contribution in [0.5, 0.6) is 0 Å². The Kier molecular flexibility index (Phi) is 4.73. The molecule has 7 heteroatoms. The van der Waals surface area contributed by atoms with Gasteiger partial charge in [0, 0.05) is 16.2 Å². The van der Waals surface area contributed by atoms with Crippen LogP contribution in [0.25, 0.3) is 0 Å². The number of aliphatic hydroxyl groups is 1. The molecule has 0 radical (unpaired) electrons. The van der Waals surface area contributed by atoms with Gasteiger partial charge in [-0.05, 0) is 37.5 Å². The summed E-state index contributed by atoms with van der Waals surface area (Å²) >= 11 is 3.26. The third kappa shape index (κ3) is 3.33. The van der Waals surface area contributed by atoms with Gasteiger partial charge >= 0.3 is 0 Å². The molecule has 2 rings (SSSR count). The summed E-state index contributed by atoms with van der Waals surface area (Å²) in [5.74, 6) is 0. The second kappa shape index (κ2) is 6.01. The number of nitrogens with two attached hydrogens (primary N) is 1. The van der Waals surface area contributed by atoms with E-state index in [0.29, 0.717) is 28.6 Å². The van der Waals surface area contributed by atoms with E-state index in [2.05, 4.69) is 20.7 Å². The van der Waals surface area contributed by atoms with Crippen LogP contribution in [0, 0.1) is 6.92 Å². The molecule has 0 aromatic heterocycles. The highest BCUT2D eigenvalue weighted by atomic mass is 79.9. The predicted octanol–water partition coefficient (Wildman–Crippen LogP) is 1.92. The molecular weight excluding hydrogens is 344 g/mol. The first-order valence-corrected chi connectivity index (χ1v) is 8.85. The normalized spacial score (nSPS) is 23.8. The Balaban J connectivity index is 2.31. The minimum absolute atomic E-state index is 0.155. The molecule has 0 saturated heterocycles. The molecule has 2 atom stereocenters. The van der Waals surface area contributed by atoms with E-state index in [0.717, 1.165) is 12.8 Å². The average Bonchev–Trinajstić information content (AvgIpc) is 2.36. The lowest BCUT2D eigenvalue weighted by Crippen LogP contribution is -2.45. The molecular formula is C13H19BrN2O3S. The van der Waals surface area contributed by atoms with Gasteiger partial charge in [-0.3, -0.25) is 0 Å². The molecule has 5 nitrogen and oxygen atoms in total. The fourth-order valence-corrected chi connectivity index (χ4v) is 4.70. The van der Waals surface area contributed by atoms with Crippen molar-refractivity contribution in [2.45, 2.75) is 49.6 Å². The summed E-state index contributed by atoms with van der Waals surface area (Å²) in [6.45, 7) is 1.67. The standard InChI is InChI=1S/C13H19BrN2O3S/c1-8-10(15)6-9(14)7-13(8)20(18,19)16-11-4-2-3-5-12(11)17/h6-7,11-12,16-17H,2-5,15H2,1H3. The summed E-state index contributed by atoms with van der Waals surface area (Å²) in [5, 5.41) is 9.90. The topological polar surface area (TPSA) is 92.4 Å². The highest BCUT2D eigenvalue weighted by Gasteiger charge is 2.29. The molecule has 20 heavy (non-hydrogen) atoms. The van der Waals surface area contributed by atoms with E-state index in [4.69, 9.17) is 5.73 Å². The molecule has 112 valence electrons. The number of halogens is 1. The quantitative estimate of drug-likeness (QED) is 0.716. The molecule has 0 bridgehead atoms. The summed E-state index contributed by atoms with van der Waals surface area (Å²) in [5.41, 5.74) is 6.75. The van der Waals surface area contributed by atoms with Crippen molar-refractivity contribution in [1.29, 1.82) is 0 Å². The van der Waals surface area contributed by atoms with Crippen LogP contribution in [0.2, 0.25) is 0 Å². The Morgan fingerprint density at radius 2 is 2.00 bits per heavy atom. The van der Waals surface area contributed by atoms with Crippen LogP contribution in [0.15, 0.2) is 21.5 Å². The zero-order valence-corrected chi connectivity index (χ0v) is 13.7. The average molecular weight is 363 g/mol. The minimum atomic E-state index is -3.69. The van der Waals surface area contributed by atoms with Crippen molar-refractivity contribution >= 4 is 31.6 Å². The van der Waals surface area contributed by atoms with Crippen LogP contribution in [-0.4, -0.2) is 25.7 Å². The molecule has 1 aliphatic rings. The van der Waals surface area contributed by atoms with E-state index in [1.54, 1.807) is 13.0 Å². The Bertz CT molecular complexity index is 604. The van der Waals surface area contributed by atoms with E-state index >= 15 is 0 Å². The second-order valence-electron chi connectivity index (χ2n) is 5.20. The van der Waals surface area contributed by atoms with Crippen LogP contribution >= 0.6 is 15.9 Å². The Morgan fingerprint density at radius 3 is 2.65 bits per heavy atom. The number of anilines is 1. The lowest BCUT2D eigenvalue weighted by atomic mass is 9.93. The Labute approximate surface area is 127 Å². The van der Waals surface area contributed by atoms with Crippen LogP contribution in [-0.2, 0) is 10.0 Å². The van der Waals surface area contributed by atoms with Gasteiger partial charge in [0.15, 0.2) is 0 Å². The van der Waals surface area contributed by atoms with Gasteiger partial charge in [-0.25, -0.2) is 13.1 Å². The van der Waals surface area contributed by atoms with Gasteiger partial charge in [-0.1, -0.05) is 28.8 Å². The van der Waals surface area contributed by atoms with E-state index < -0.39 is 22.2 Å². The number of hydrogen-bond donors (Lipinski definition) is 3. The fourth-order valence-electron chi connectivity index (χ4n) is 2.46. The van der Waals surface area contributed by atoms with Crippen LogP contribution in [0.4, 0.5) is 5.69 Å². The lowest BCUT2D eigenvalue weighted by Gasteiger charge is -2.28. The number of rotatable bonds is 3. The Hall–Kier alpha value is -0.630. The maximum absolute atomic E-state index is 12.5. The van der Waals surface area contributed by atoms with Gasteiger partial charge in [0.05, 0.1) is 11.0 Å². The second-order valence-corrected chi connectivity index (χ2v) is 7.80. The van der Waals surface area contributed by atoms with Gasteiger partial charge in [0.25, 0.3) is 0 Å². The molecule has 1 aliphatic carbocycles. The molecule has 1 saturated carbocycles. The predicted molar refractivity (Wildman–Crippen MR) is 81.9 cm³/mol. The highest BCUT2D eigenvalue weighted by Crippen LogP contribution is 2.27. The molecule has 4 N–H and O–H groups in total. The van der Waals surface area contributed by atoms with E-state index in [1.807, 2.05) is 0 Å². The summed E-state index contributed by atoms with van der Waals surface area (Å²) in [4.78, 5) is 0.155. The molecule has 2 unspecified atom stereocenters. The van der Waals surface area contributed by atoms with Crippen molar-refractivity contribution in [3.63, 3.8) is 0 Å². The molecule has 0 amide bonds. The number of nitrogen functional groups attached to an aromatic ring is 1. The van der Waals surface area contributed by atoms with Crippen LogP contribution in [0.3, 0.4) is 0 Å². The Morgan fingerprint density at radius 1 is 1.35 bits per heavy atom. The van der Waals surface area contributed by atoms with E-state index in [9.17, 15) is 13.5 Å². The van der Waals surface area contributed by atoms with Crippen molar-refractivity contribution < 1.29 is 13.5 Å². The summed E-state index contributed by atoms with van der Waals surface area (Å²) < 4.78 is 28.2. The molecule has 0 spiro atoms. The third-order valence-corrected chi connectivity index (χ3v) is 5.76. The van der Waals surface area contributed by atoms with Crippen molar-refractivity contribution in [3.8, 4) is 0 Å². The van der Waals surface area contributed by atoms with Gasteiger partial charge in [0.2, 0.25) is 10.0 Å². The van der Waals surface area contributed by atoms with Crippen LogP contribution < -0.4 is 10.5 Å². The first-order valence-electron chi connectivity index (χ1n) is 6.57. The maximum atomic E-state index is 12.5. The molecule has 0 aliphatic heterocycles. The lowest BCUT2D eigenvalue weighted by molar-refractivity contribution is 0.101. The first kappa shape index (κ1) is 15.8. The van der Waals surface area contributed by atoms with E-state index in [1.165, 1.54) is 6.07 Å². The van der Waals surface area contributed by atoms with Gasteiger partial charge in [0.1, 0.15) is 0 Å². The molecule has 0 heterocycles. The first-order chi connectivity index (χ1) is 9.31. The van der Waals surface area contributed by atoms with Crippen molar-refractivity contribution in [2.24, 2.45) is 0 Å².